The lowest BCUT2D eigenvalue weighted by atomic mass is 10.2. The van der Waals surface area contributed by atoms with E-state index in [1.165, 1.54) is 12.0 Å². The molecule has 4 rings (SSSR count). The standard InChI is InChI=1S/C24H24ClNO6S/c1-30-22-4-2-3-5-23(22)31-15-24(27)26(19-12-13-33(28,29)16-19)14-20-10-11-21(32-20)17-6-8-18(25)9-7-17/h2-11,19H,12-16H2,1H3. The number of rotatable bonds is 8. The van der Waals surface area contributed by atoms with Crippen LogP contribution in [-0.2, 0) is 21.2 Å². The molecular weight excluding hydrogens is 466 g/mol. The van der Waals surface area contributed by atoms with Crippen LogP contribution in [0.4, 0.5) is 0 Å². The van der Waals surface area contributed by atoms with Gasteiger partial charge < -0.3 is 18.8 Å². The number of sulfone groups is 1. The molecule has 0 radical (unpaired) electrons. The van der Waals surface area contributed by atoms with Crippen molar-refractivity contribution in [3.8, 4) is 22.8 Å². The molecule has 2 aromatic carbocycles. The van der Waals surface area contributed by atoms with E-state index in [2.05, 4.69) is 0 Å². The SMILES string of the molecule is COc1ccccc1OCC(=O)N(Cc1ccc(-c2ccc(Cl)cc2)o1)C1CCS(=O)(=O)C1. The third-order valence-corrected chi connectivity index (χ3v) is 7.51. The number of halogens is 1. The van der Waals surface area contributed by atoms with Crippen LogP contribution < -0.4 is 9.47 Å². The molecule has 1 atom stereocenters. The lowest BCUT2D eigenvalue weighted by Gasteiger charge is -2.27. The van der Waals surface area contributed by atoms with Crippen LogP contribution in [0.2, 0.25) is 5.02 Å². The number of ether oxygens (including phenoxy) is 2. The molecular formula is C24H24ClNO6S. The number of nitrogens with zero attached hydrogens (tertiary/aromatic N) is 1. The smallest absolute Gasteiger partial charge is 0.261 e. The molecule has 174 valence electrons. The van der Waals surface area contributed by atoms with Gasteiger partial charge in [-0.2, -0.15) is 0 Å². The molecule has 3 aromatic rings. The fraction of sp³-hybridized carbons (Fsp3) is 0.292. The first kappa shape index (κ1) is 23.2. The molecule has 1 fully saturated rings. The van der Waals surface area contributed by atoms with Crippen molar-refractivity contribution in [1.82, 2.24) is 4.90 Å². The average Bonchev–Trinajstić information content (AvgIpc) is 3.42. The zero-order valence-corrected chi connectivity index (χ0v) is 19.6. The summed E-state index contributed by atoms with van der Waals surface area (Å²) in [5.41, 5.74) is 0.853. The Morgan fingerprint density at radius 1 is 1.09 bits per heavy atom. The van der Waals surface area contributed by atoms with Crippen LogP contribution in [0, 0.1) is 0 Å². The van der Waals surface area contributed by atoms with Crippen LogP contribution in [0.25, 0.3) is 11.3 Å². The Balaban J connectivity index is 1.51. The molecule has 9 heteroatoms. The topological polar surface area (TPSA) is 86.1 Å². The van der Waals surface area contributed by atoms with E-state index < -0.39 is 15.9 Å². The molecule has 1 saturated heterocycles. The number of methoxy groups -OCH3 is 1. The monoisotopic (exact) mass is 489 g/mol. The van der Waals surface area contributed by atoms with E-state index >= 15 is 0 Å². The second kappa shape index (κ2) is 9.89. The van der Waals surface area contributed by atoms with E-state index in [0.29, 0.717) is 34.5 Å². The first-order valence-electron chi connectivity index (χ1n) is 10.4. The molecule has 0 saturated carbocycles. The summed E-state index contributed by atoms with van der Waals surface area (Å²) in [4.78, 5) is 14.7. The lowest BCUT2D eigenvalue weighted by Crippen LogP contribution is -2.43. The lowest BCUT2D eigenvalue weighted by molar-refractivity contribution is -0.136. The summed E-state index contributed by atoms with van der Waals surface area (Å²) in [5.74, 6) is 1.80. The third kappa shape index (κ3) is 5.69. The largest absolute Gasteiger partial charge is 0.493 e. The fourth-order valence-electron chi connectivity index (χ4n) is 3.80. The van der Waals surface area contributed by atoms with E-state index in [-0.39, 0.29) is 30.6 Å². The third-order valence-electron chi connectivity index (χ3n) is 5.51. The molecule has 1 aromatic heterocycles. The van der Waals surface area contributed by atoms with Gasteiger partial charge in [0.05, 0.1) is 25.2 Å². The molecule has 0 bridgehead atoms. The second-order valence-electron chi connectivity index (χ2n) is 7.79. The van der Waals surface area contributed by atoms with Gasteiger partial charge in [0.2, 0.25) is 0 Å². The molecule has 0 spiro atoms. The summed E-state index contributed by atoms with van der Waals surface area (Å²) in [6.07, 6.45) is 0.382. The maximum absolute atomic E-state index is 13.1. The second-order valence-corrected chi connectivity index (χ2v) is 10.5. The average molecular weight is 490 g/mol. The highest BCUT2D eigenvalue weighted by Gasteiger charge is 2.35. The summed E-state index contributed by atoms with van der Waals surface area (Å²) in [5, 5.41) is 0.625. The number of carbonyl (C=O) groups is 1. The van der Waals surface area contributed by atoms with E-state index in [1.807, 2.05) is 18.2 Å². The molecule has 7 nitrogen and oxygen atoms in total. The van der Waals surface area contributed by atoms with Gasteiger partial charge in [0, 0.05) is 16.6 Å². The van der Waals surface area contributed by atoms with Crippen molar-refractivity contribution in [3.05, 3.63) is 71.4 Å². The summed E-state index contributed by atoms with van der Waals surface area (Å²) in [7, 11) is -1.66. The number of carbonyl (C=O) groups excluding carboxylic acids is 1. The van der Waals surface area contributed by atoms with Crippen molar-refractivity contribution in [2.24, 2.45) is 0 Å². The van der Waals surface area contributed by atoms with Crippen molar-refractivity contribution < 1.29 is 27.1 Å². The Hall–Kier alpha value is -2.97. The highest BCUT2D eigenvalue weighted by atomic mass is 35.5. The van der Waals surface area contributed by atoms with Gasteiger partial charge >= 0.3 is 0 Å². The Kier molecular flexibility index (Phi) is 6.95. The van der Waals surface area contributed by atoms with Gasteiger partial charge in [-0.15, -0.1) is 0 Å². The Morgan fingerprint density at radius 3 is 2.48 bits per heavy atom. The van der Waals surface area contributed by atoms with Crippen LogP contribution in [0.3, 0.4) is 0 Å². The Morgan fingerprint density at radius 2 is 1.82 bits per heavy atom. The maximum atomic E-state index is 13.1. The van der Waals surface area contributed by atoms with Crippen LogP contribution in [0.15, 0.2) is 65.1 Å². The predicted octanol–water partition coefficient (Wildman–Crippen LogP) is 4.20. The van der Waals surface area contributed by atoms with Gasteiger partial charge in [-0.3, -0.25) is 4.79 Å². The maximum Gasteiger partial charge on any atom is 0.261 e. The van der Waals surface area contributed by atoms with Gasteiger partial charge in [-0.25, -0.2) is 8.42 Å². The Labute approximate surface area is 197 Å². The molecule has 0 aliphatic carbocycles. The zero-order valence-electron chi connectivity index (χ0n) is 18.1. The summed E-state index contributed by atoms with van der Waals surface area (Å²) >= 11 is 5.95. The van der Waals surface area contributed by atoms with Gasteiger partial charge in [-0.1, -0.05) is 23.7 Å². The number of hydrogen-bond acceptors (Lipinski definition) is 6. The predicted molar refractivity (Wildman–Crippen MR) is 125 cm³/mol. The number of hydrogen-bond donors (Lipinski definition) is 0. The molecule has 1 amide bonds. The van der Waals surface area contributed by atoms with Crippen LogP contribution in [0.5, 0.6) is 11.5 Å². The van der Waals surface area contributed by atoms with Crippen molar-refractivity contribution >= 4 is 27.3 Å². The van der Waals surface area contributed by atoms with E-state index in [1.54, 1.807) is 42.5 Å². The Bertz CT molecular complexity index is 1220. The van der Waals surface area contributed by atoms with Gasteiger partial charge in [0.25, 0.3) is 5.91 Å². The molecule has 33 heavy (non-hydrogen) atoms. The van der Waals surface area contributed by atoms with Crippen molar-refractivity contribution in [3.63, 3.8) is 0 Å². The highest BCUT2D eigenvalue weighted by Crippen LogP contribution is 2.28. The van der Waals surface area contributed by atoms with E-state index in [9.17, 15) is 13.2 Å². The minimum Gasteiger partial charge on any atom is -0.493 e. The van der Waals surface area contributed by atoms with Gasteiger partial charge in [0.15, 0.2) is 27.9 Å². The molecule has 1 aliphatic heterocycles. The normalized spacial score (nSPS) is 17.0. The summed E-state index contributed by atoms with van der Waals surface area (Å²) in [6, 6.07) is 17.4. The first-order valence-corrected chi connectivity index (χ1v) is 12.6. The van der Waals surface area contributed by atoms with Crippen LogP contribution >= 0.6 is 11.6 Å². The fourth-order valence-corrected chi connectivity index (χ4v) is 5.66. The minimum absolute atomic E-state index is 0.0585. The quantitative estimate of drug-likeness (QED) is 0.471. The van der Waals surface area contributed by atoms with Crippen molar-refractivity contribution in [2.45, 2.75) is 19.0 Å². The molecule has 2 heterocycles. The van der Waals surface area contributed by atoms with E-state index in [0.717, 1.165) is 5.56 Å². The van der Waals surface area contributed by atoms with Crippen LogP contribution in [-0.4, -0.2) is 50.5 Å². The number of amides is 1. The van der Waals surface area contributed by atoms with Crippen molar-refractivity contribution in [1.29, 1.82) is 0 Å². The van der Waals surface area contributed by atoms with Crippen LogP contribution in [0.1, 0.15) is 12.2 Å². The molecule has 0 N–H and O–H groups in total. The van der Waals surface area contributed by atoms with E-state index in [4.69, 9.17) is 25.5 Å². The summed E-state index contributed by atoms with van der Waals surface area (Å²) < 4.78 is 41.1. The summed E-state index contributed by atoms with van der Waals surface area (Å²) in [6.45, 7) is -0.108. The molecule has 1 aliphatic rings. The number of furan rings is 1. The molecule has 1 unspecified atom stereocenters. The van der Waals surface area contributed by atoms with Crippen molar-refractivity contribution in [2.75, 3.05) is 25.2 Å². The zero-order chi connectivity index (χ0) is 23.4. The first-order chi connectivity index (χ1) is 15.8. The number of para-hydroxylation sites is 2. The van der Waals surface area contributed by atoms with Gasteiger partial charge in [-0.05, 0) is 55.0 Å². The van der Waals surface area contributed by atoms with Gasteiger partial charge in [0.1, 0.15) is 11.5 Å². The number of benzene rings is 2. The minimum atomic E-state index is -3.18. The highest BCUT2D eigenvalue weighted by molar-refractivity contribution is 7.91.